The summed E-state index contributed by atoms with van der Waals surface area (Å²) in [6, 6.07) is 9.57. The largest absolute Gasteiger partial charge is 0.456 e. The number of esters is 3. The Morgan fingerprint density at radius 3 is 2.26 bits per heavy atom. The van der Waals surface area contributed by atoms with Crippen LogP contribution in [0.2, 0.25) is 0 Å². The van der Waals surface area contributed by atoms with Gasteiger partial charge in [-0.25, -0.2) is 9.48 Å². The minimum absolute atomic E-state index is 0.125. The van der Waals surface area contributed by atoms with E-state index in [-0.39, 0.29) is 19.2 Å². The van der Waals surface area contributed by atoms with Crippen LogP contribution >= 0.6 is 0 Å². The maximum atomic E-state index is 12.5. The van der Waals surface area contributed by atoms with Crippen molar-refractivity contribution in [2.45, 2.75) is 77.3 Å². The van der Waals surface area contributed by atoms with Crippen molar-refractivity contribution in [3.05, 3.63) is 47.8 Å². The van der Waals surface area contributed by atoms with Gasteiger partial charge in [-0.05, 0) is 18.9 Å². The number of hydrogen-bond acceptors (Lipinski definition) is 11. The molecule has 0 N–H and O–H groups in total. The summed E-state index contributed by atoms with van der Waals surface area (Å²) in [5.41, 5.74) is 1.50. The molecule has 4 rings (SSSR count). The second-order valence-corrected chi connectivity index (χ2v) is 9.19. The van der Waals surface area contributed by atoms with Crippen molar-refractivity contribution in [2.75, 3.05) is 6.61 Å². The normalized spacial score (nSPS) is 26.9. The molecule has 6 atom stereocenters. The number of carbonyl (C=O) groups is 4. The second-order valence-electron chi connectivity index (χ2n) is 9.19. The Morgan fingerprint density at radius 1 is 0.974 bits per heavy atom. The number of rotatable bonds is 8. The number of nitrogens with zero attached hydrogens (tertiary/aromatic N) is 4. The van der Waals surface area contributed by atoms with Crippen LogP contribution in [0.3, 0.4) is 0 Å². The van der Waals surface area contributed by atoms with Crippen molar-refractivity contribution in [1.29, 1.82) is 0 Å². The van der Waals surface area contributed by atoms with Gasteiger partial charge in [0.05, 0.1) is 24.9 Å². The van der Waals surface area contributed by atoms with E-state index >= 15 is 0 Å². The molecule has 13 heteroatoms. The van der Waals surface area contributed by atoms with E-state index in [1.165, 1.54) is 25.5 Å². The number of carbonyl (C=O) groups excluding carboxylic acids is 4. The summed E-state index contributed by atoms with van der Waals surface area (Å²) in [5.74, 6) is -1.94. The summed E-state index contributed by atoms with van der Waals surface area (Å²) in [6.07, 6.45) is -3.50. The van der Waals surface area contributed by atoms with E-state index in [0.29, 0.717) is 12.1 Å². The van der Waals surface area contributed by atoms with Crippen LogP contribution in [-0.2, 0) is 51.0 Å². The number of ether oxygens (including phenoxy) is 5. The highest BCUT2D eigenvalue weighted by atomic mass is 16.7. The lowest BCUT2D eigenvalue weighted by molar-refractivity contribution is -0.261. The zero-order chi connectivity index (χ0) is 27.4. The van der Waals surface area contributed by atoms with Gasteiger partial charge in [0.1, 0.15) is 12.3 Å². The minimum atomic E-state index is -1.20. The van der Waals surface area contributed by atoms with Crippen LogP contribution in [0, 0.1) is 0 Å². The number of benzene rings is 1. The number of hydrogen-bond donors (Lipinski definition) is 0. The first-order valence-corrected chi connectivity index (χ1v) is 12.2. The predicted octanol–water partition coefficient (Wildman–Crippen LogP) is 1.55. The van der Waals surface area contributed by atoms with Crippen LogP contribution in [0.5, 0.6) is 0 Å². The molecule has 0 unspecified atom stereocenters. The average Bonchev–Trinajstić information content (AvgIpc) is 3.45. The van der Waals surface area contributed by atoms with Crippen molar-refractivity contribution >= 4 is 24.0 Å². The van der Waals surface area contributed by atoms with Crippen LogP contribution in [0.25, 0.3) is 0 Å². The van der Waals surface area contributed by atoms with Gasteiger partial charge in [0.25, 0.3) is 0 Å². The van der Waals surface area contributed by atoms with Gasteiger partial charge in [-0.1, -0.05) is 35.5 Å². The fourth-order valence-electron chi connectivity index (χ4n) is 4.62. The Kier molecular flexibility index (Phi) is 8.25. The van der Waals surface area contributed by atoms with Gasteiger partial charge >= 0.3 is 24.0 Å². The van der Waals surface area contributed by atoms with Crippen molar-refractivity contribution in [2.24, 2.45) is 0 Å². The van der Waals surface area contributed by atoms with Crippen LogP contribution in [0.15, 0.2) is 36.5 Å². The smallest absolute Gasteiger partial charge is 0.410 e. The monoisotopic (exact) mass is 530 g/mol. The lowest BCUT2D eigenvalue weighted by Crippen LogP contribution is -2.58. The standard InChI is InChI=1S/C25H30N4O9/c1-14-21(36-15(2)30)22(37-16(3)31)23(38-17(4)32)24(35-14)29-12-19(26-27-29)11-28-20(13-34-25(28)33)10-18-8-6-5-7-9-18/h5-9,12,14,20-24H,10-11,13H2,1-4H3/t14-,20+,21+,22+,23-,24-/m0/s1. The summed E-state index contributed by atoms with van der Waals surface area (Å²) in [4.78, 5) is 49.6. The summed E-state index contributed by atoms with van der Waals surface area (Å²) in [7, 11) is 0. The number of amides is 1. The van der Waals surface area contributed by atoms with Crippen molar-refractivity contribution in [3.63, 3.8) is 0 Å². The zero-order valence-corrected chi connectivity index (χ0v) is 21.5. The molecule has 1 aromatic heterocycles. The summed E-state index contributed by atoms with van der Waals surface area (Å²) >= 11 is 0. The average molecular weight is 531 g/mol. The van der Waals surface area contributed by atoms with E-state index in [0.717, 1.165) is 5.56 Å². The molecule has 0 radical (unpaired) electrons. The van der Waals surface area contributed by atoms with Crippen molar-refractivity contribution in [3.8, 4) is 0 Å². The highest BCUT2D eigenvalue weighted by molar-refractivity contribution is 5.70. The molecule has 2 aliphatic heterocycles. The minimum Gasteiger partial charge on any atom is -0.456 e. The summed E-state index contributed by atoms with van der Waals surface area (Å²) < 4.78 is 28.9. The molecule has 0 bridgehead atoms. The molecule has 38 heavy (non-hydrogen) atoms. The molecular formula is C25H30N4O9. The molecule has 1 aromatic carbocycles. The SMILES string of the molecule is CC(=O)O[C@@H]1[C@H](OC(C)=O)[C@H](C)O[C@H](n2cc(CN3C(=O)OC[C@H]3Cc3ccccc3)nn2)[C@H]1OC(C)=O. The van der Waals surface area contributed by atoms with E-state index in [2.05, 4.69) is 10.3 Å². The topological polar surface area (TPSA) is 148 Å². The Balaban J connectivity index is 1.56. The van der Waals surface area contributed by atoms with Gasteiger partial charge < -0.3 is 23.7 Å². The molecule has 1 amide bonds. The van der Waals surface area contributed by atoms with Gasteiger partial charge in [-0.15, -0.1) is 5.10 Å². The summed E-state index contributed by atoms with van der Waals surface area (Å²) in [6.45, 7) is 5.61. The highest BCUT2D eigenvalue weighted by Gasteiger charge is 2.51. The lowest BCUT2D eigenvalue weighted by Gasteiger charge is -2.43. The molecule has 0 saturated carbocycles. The second kappa shape index (κ2) is 11.6. The van der Waals surface area contributed by atoms with Crippen LogP contribution in [-0.4, -0.2) is 81.0 Å². The number of aromatic nitrogens is 3. The highest BCUT2D eigenvalue weighted by Crippen LogP contribution is 2.34. The molecular weight excluding hydrogens is 500 g/mol. The third kappa shape index (κ3) is 6.28. The number of cyclic esters (lactones) is 1. The molecule has 0 aliphatic carbocycles. The fraction of sp³-hybridized carbons (Fsp3) is 0.520. The molecule has 2 saturated heterocycles. The summed E-state index contributed by atoms with van der Waals surface area (Å²) in [5, 5.41) is 8.30. The zero-order valence-electron chi connectivity index (χ0n) is 21.5. The predicted molar refractivity (Wildman–Crippen MR) is 127 cm³/mol. The first kappa shape index (κ1) is 27.0. The molecule has 2 aliphatic rings. The van der Waals surface area contributed by atoms with Gasteiger partial charge in [0.2, 0.25) is 0 Å². The molecule has 2 aromatic rings. The maximum absolute atomic E-state index is 12.5. The molecule has 3 heterocycles. The third-order valence-electron chi connectivity index (χ3n) is 6.19. The quantitative estimate of drug-likeness (QED) is 0.361. The van der Waals surface area contributed by atoms with E-state index < -0.39 is 54.6 Å². The van der Waals surface area contributed by atoms with Gasteiger partial charge in [0, 0.05) is 20.8 Å². The first-order valence-electron chi connectivity index (χ1n) is 12.2. The fourth-order valence-corrected chi connectivity index (χ4v) is 4.62. The van der Waals surface area contributed by atoms with E-state index in [1.807, 2.05) is 30.3 Å². The van der Waals surface area contributed by atoms with Crippen molar-refractivity contribution in [1.82, 2.24) is 19.9 Å². The van der Waals surface area contributed by atoms with E-state index in [4.69, 9.17) is 23.7 Å². The van der Waals surface area contributed by atoms with Crippen LogP contribution in [0.4, 0.5) is 4.79 Å². The van der Waals surface area contributed by atoms with Gasteiger partial charge in [0.15, 0.2) is 24.5 Å². The molecule has 204 valence electrons. The van der Waals surface area contributed by atoms with Crippen LogP contribution in [0.1, 0.15) is 45.2 Å². The van der Waals surface area contributed by atoms with E-state index in [1.54, 1.807) is 18.0 Å². The first-order chi connectivity index (χ1) is 18.1. The Labute approximate surface area is 218 Å². The Bertz CT molecular complexity index is 1170. The van der Waals surface area contributed by atoms with Crippen LogP contribution < -0.4 is 0 Å². The van der Waals surface area contributed by atoms with Crippen molar-refractivity contribution < 1.29 is 42.9 Å². The van der Waals surface area contributed by atoms with E-state index in [9.17, 15) is 19.2 Å². The van der Waals surface area contributed by atoms with Gasteiger partial charge in [-0.3, -0.25) is 19.3 Å². The third-order valence-corrected chi connectivity index (χ3v) is 6.19. The molecule has 2 fully saturated rings. The molecule has 0 spiro atoms. The Hall–Kier alpha value is -4.00. The Morgan fingerprint density at radius 2 is 1.61 bits per heavy atom. The van der Waals surface area contributed by atoms with Gasteiger partial charge in [-0.2, -0.15) is 0 Å². The lowest BCUT2D eigenvalue weighted by atomic mass is 9.98. The molecule has 13 nitrogen and oxygen atoms in total. The maximum Gasteiger partial charge on any atom is 0.410 e.